The van der Waals surface area contributed by atoms with E-state index in [0.717, 1.165) is 38.7 Å². The van der Waals surface area contributed by atoms with Gasteiger partial charge in [-0.25, -0.2) is 0 Å². The van der Waals surface area contributed by atoms with E-state index >= 15 is 0 Å². The van der Waals surface area contributed by atoms with Gasteiger partial charge < -0.3 is 9.84 Å². The average molecular weight is 320 g/mol. The van der Waals surface area contributed by atoms with Crippen LogP contribution < -0.4 is 0 Å². The summed E-state index contributed by atoms with van der Waals surface area (Å²) in [5.74, 6) is 0. The van der Waals surface area contributed by atoms with E-state index in [1.165, 1.54) is 32.7 Å². The summed E-state index contributed by atoms with van der Waals surface area (Å²) in [7, 11) is 0. The Balaban J connectivity index is 1.61. The fourth-order valence-electron chi connectivity index (χ4n) is 3.94. The van der Waals surface area contributed by atoms with Gasteiger partial charge in [-0.3, -0.25) is 0 Å². The lowest BCUT2D eigenvalue weighted by Gasteiger charge is -2.26. The summed E-state index contributed by atoms with van der Waals surface area (Å²) < 4.78 is 6.01. The summed E-state index contributed by atoms with van der Waals surface area (Å²) >= 11 is 0. The van der Waals surface area contributed by atoms with Gasteiger partial charge in [-0.1, -0.05) is 48.5 Å². The first-order valence-electron chi connectivity index (χ1n) is 9.01. The molecule has 0 bridgehead atoms. The van der Waals surface area contributed by atoms with Crippen molar-refractivity contribution in [2.45, 2.75) is 38.2 Å². The van der Waals surface area contributed by atoms with Crippen LogP contribution in [-0.4, -0.2) is 24.4 Å². The van der Waals surface area contributed by atoms with Crippen LogP contribution in [0, 0.1) is 0 Å². The van der Waals surface area contributed by atoms with E-state index < -0.39 is 0 Å². The second-order valence-corrected chi connectivity index (χ2v) is 6.75. The molecular formula is C22H24O2. The summed E-state index contributed by atoms with van der Waals surface area (Å²) in [6.45, 7) is 1.02. The third-order valence-electron chi connectivity index (χ3n) is 5.20. The van der Waals surface area contributed by atoms with E-state index in [-0.39, 0.29) is 6.61 Å². The number of aryl methyl sites for hydroxylation is 1. The zero-order valence-electron chi connectivity index (χ0n) is 14.0. The average Bonchev–Trinajstić information content (AvgIpc) is 2.64. The second-order valence-electron chi connectivity index (χ2n) is 6.75. The van der Waals surface area contributed by atoms with E-state index in [9.17, 15) is 0 Å². The van der Waals surface area contributed by atoms with Crippen LogP contribution in [0.25, 0.3) is 21.5 Å². The molecule has 1 N–H and O–H groups in total. The molecule has 0 saturated heterocycles. The van der Waals surface area contributed by atoms with Crippen molar-refractivity contribution in [2.24, 2.45) is 0 Å². The molecule has 2 nitrogen and oxygen atoms in total. The predicted molar refractivity (Wildman–Crippen MR) is 99.5 cm³/mol. The summed E-state index contributed by atoms with van der Waals surface area (Å²) in [6, 6.07) is 17.7. The predicted octanol–water partition coefficient (Wildman–Crippen LogP) is 4.64. The summed E-state index contributed by atoms with van der Waals surface area (Å²) in [4.78, 5) is 0. The quantitative estimate of drug-likeness (QED) is 0.548. The van der Waals surface area contributed by atoms with Gasteiger partial charge in [0.25, 0.3) is 0 Å². The highest BCUT2D eigenvalue weighted by Gasteiger charge is 2.21. The lowest BCUT2D eigenvalue weighted by atomic mass is 9.85. The van der Waals surface area contributed by atoms with Crippen LogP contribution in [0.3, 0.4) is 0 Å². The van der Waals surface area contributed by atoms with E-state index in [1.807, 2.05) is 0 Å². The number of hydrogen-bond acceptors (Lipinski definition) is 2. The maximum Gasteiger partial charge on any atom is 0.0618 e. The highest BCUT2D eigenvalue weighted by Crippen LogP contribution is 2.33. The number of unbranched alkanes of at least 4 members (excludes halogenated alkanes) is 1. The summed E-state index contributed by atoms with van der Waals surface area (Å²) in [6.07, 6.45) is 5.31. The molecule has 24 heavy (non-hydrogen) atoms. The maximum absolute atomic E-state index is 8.85. The number of ether oxygens (including phenoxy) is 1. The van der Waals surface area contributed by atoms with Gasteiger partial charge in [-0.2, -0.15) is 0 Å². The normalized spacial score (nSPS) is 17.3. The van der Waals surface area contributed by atoms with Crippen LogP contribution in [0.2, 0.25) is 0 Å². The molecule has 2 heteroatoms. The van der Waals surface area contributed by atoms with Gasteiger partial charge in [0.2, 0.25) is 0 Å². The molecule has 0 aromatic heterocycles. The summed E-state index contributed by atoms with van der Waals surface area (Å²) in [5, 5.41) is 14.3. The Morgan fingerprint density at radius 3 is 2.71 bits per heavy atom. The molecule has 4 rings (SSSR count). The minimum Gasteiger partial charge on any atom is -0.396 e. The van der Waals surface area contributed by atoms with Crippen molar-refractivity contribution in [1.29, 1.82) is 0 Å². The van der Waals surface area contributed by atoms with Gasteiger partial charge in [-0.15, -0.1) is 0 Å². The van der Waals surface area contributed by atoms with Gasteiger partial charge >= 0.3 is 0 Å². The Hall–Kier alpha value is -1.90. The number of aliphatic hydroxyl groups excluding tert-OH is 1. The molecule has 0 saturated carbocycles. The topological polar surface area (TPSA) is 29.5 Å². The van der Waals surface area contributed by atoms with Crippen molar-refractivity contribution in [3.63, 3.8) is 0 Å². The molecule has 3 aromatic rings. The van der Waals surface area contributed by atoms with Gasteiger partial charge in [0.1, 0.15) is 0 Å². The first-order valence-corrected chi connectivity index (χ1v) is 9.01. The molecule has 0 fully saturated rings. The molecule has 0 heterocycles. The molecule has 0 radical (unpaired) electrons. The highest BCUT2D eigenvalue weighted by atomic mass is 16.5. The third kappa shape index (κ3) is 2.92. The van der Waals surface area contributed by atoms with E-state index in [1.54, 1.807) is 0 Å². The fourth-order valence-corrected chi connectivity index (χ4v) is 3.94. The smallest absolute Gasteiger partial charge is 0.0618 e. The molecular weight excluding hydrogens is 296 g/mol. The zero-order valence-corrected chi connectivity index (χ0v) is 14.0. The SMILES string of the molecule is OCCCCOC1CCc2c(ccc3c2ccc2ccccc23)C1. The maximum atomic E-state index is 8.85. The molecule has 0 aliphatic heterocycles. The standard InChI is InChI=1S/C22H24O2/c23-13-3-4-14-24-18-9-12-20-17(15-18)8-11-21-19-6-2-1-5-16(19)7-10-22(20)21/h1-2,5-8,10-11,18,23H,3-4,9,12-15H2. The largest absolute Gasteiger partial charge is 0.396 e. The lowest BCUT2D eigenvalue weighted by Crippen LogP contribution is -2.23. The zero-order chi connectivity index (χ0) is 16.4. The second kappa shape index (κ2) is 6.92. The first-order chi connectivity index (χ1) is 11.9. The Labute approximate surface area is 143 Å². The number of rotatable bonds is 5. The van der Waals surface area contributed by atoms with Gasteiger partial charge in [0.15, 0.2) is 0 Å². The Morgan fingerprint density at radius 1 is 0.917 bits per heavy atom. The van der Waals surface area contributed by atoms with Gasteiger partial charge in [0, 0.05) is 13.2 Å². The van der Waals surface area contributed by atoms with Crippen LogP contribution in [0.15, 0.2) is 48.5 Å². The Bertz CT molecular complexity index is 853. The molecule has 0 spiro atoms. The monoisotopic (exact) mass is 320 g/mol. The molecule has 0 amide bonds. The van der Waals surface area contributed by atoms with Crippen LogP contribution in [0.4, 0.5) is 0 Å². The van der Waals surface area contributed by atoms with Crippen molar-refractivity contribution >= 4 is 21.5 Å². The summed E-state index contributed by atoms with van der Waals surface area (Å²) in [5.41, 5.74) is 2.95. The van der Waals surface area contributed by atoms with Gasteiger partial charge in [0.05, 0.1) is 6.10 Å². The van der Waals surface area contributed by atoms with Crippen LogP contribution in [0.1, 0.15) is 30.4 Å². The first kappa shape index (κ1) is 15.6. The van der Waals surface area contributed by atoms with E-state index in [2.05, 4.69) is 48.5 Å². The molecule has 1 aliphatic rings. The Kier molecular flexibility index (Phi) is 4.50. The minimum absolute atomic E-state index is 0.261. The number of aliphatic hydroxyl groups is 1. The molecule has 1 aliphatic carbocycles. The van der Waals surface area contributed by atoms with Crippen molar-refractivity contribution in [3.8, 4) is 0 Å². The molecule has 1 atom stereocenters. The van der Waals surface area contributed by atoms with E-state index in [0.29, 0.717) is 6.10 Å². The highest BCUT2D eigenvalue weighted by molar-refractivity contribution is 6.08. The number of fused-ring (bicyclic) bond motifs is 5. The van der Waals surface area contributed by atoms with Crippen molar-refractivity contribution < 1.29 is 9.84 Å². The van der Waals surface area contributed by atoms with E-state index in [4.69, 9.17) is 9.84 Å². The van der Waals surface area contributed by atoms with Crippen molar-refractivity contribution in [3.05, 3.63) is 59.7 Å². The lowest BCUT2D eigenvalue weighted by molar-refractivity contribution is 0.0402. The van der Waals surface area contributed by atoms with Crippen LogP contribution >= 0.6 is 0 Å². The van der Waals surface area contributed by atoms with Gasteiger partial charge in [-0.05, 0) is 64.8 Å². The fraction of sp³-hybridized carbons (Fsp3) is 0.364. The molecule has 3 aromatic carbocycles. The minimum atomic E-state index is 0.261. The number of hydrogen-bond donors (Lipinski definition) is 1. The van der Waals surface area contributed by atoms with Crippen LogP contribution in [0.5, 0.6) is 0 Å². The molecule has 124 valence electrons. The van der Waals surface area contributed by atoms with Crippen molar-refractivity contribution in [2.75, 3.05) is 13.2 Å². The Morgan fingerprint density at radius 2 is 1.79 bits per heavy atom. The third-order valence-corrected chi connectivity index (χ3v) is 5.20. The number of benzene rings is 3. The molecule has 1 unspecified atom stereocenters. The van der Waals surface area contributed by atoms with Crippen molar-refractivity contribution in [1.82, 2.24) is 0 Å². The van der Waals surface area contributed by atoms with Crippen LogP contribution in [-0.2, 0) is 17.6 Å².